The van der Waals surface area contributed by atoms with Crippen LogP contribution >= 0.6 is 0 Å². The maximum atomic E-state index is 13.8. The average molecular weight is 504 g/mol. The van der Waals surface area contributed by atoms with Crippen LogP contribution in [0.4, 0.5) is 0 Å². The summed E-state index contributed by atoms with van der Waals surface area (Å²) >= 11 is 0. The highest BCUT2D eigenvalue weighted by Gasteiger charge is 2.36. The van der Waals surface area contributed by atoms with E-state index in [4.69, 9.17) is 0 Å². The Balaban J connectivity index is 1.51. The molecule has 0 unspecified atom stereocenters. The first-order chi connectivity index (χ1) is 16.8. The van der Waals surface area contributed by atoms with Gasteiger partial charge in [-0.3, -0.25) is 0 Å². The van der Waals surface area contributed by atoms with Crippen LogP contribution in [-0.4, -0.2) is 30.0 Å². The van der Waals surface area contributed by atoms with E-state index >= 15 is 0 Å². The first-order valence-electron chi connectivity index (χ1n) is 11.8. The monoisotopic (exact) mass is 503 g/mol. The van der Waals surface area contributed by atoms with Gasteiger partial charge >= 0.3 is 0 Å². The smallest absolute Gasteiger partial charge is 0.243 e. The summed E-state index contributed by atoms with van der Waals surface area (Å²) in [6.45, 7) is 4.67. The molecule has 0 spiro atoms. The maximum absolute atomic E-state index is 13.8. The Labute approximate surface area is 210 Å². The molecule has 3 atom stereocenters. The van der Waals surface area contributed by atoms with Crippen LogP contribution in [0.15, 0.2) is 111 Å². The van der Waals surface area contributed by atoms with E-state index in [1.807, 2.05) is 68.4 Å². The number of sulfonamides is 1. The molecule has 1 heterocycles. The summed E-state index contributed by atoms with van der Waals surface area (Å²) in [6, 6.07) is 25.0. The van der Waals surface area contributed by atoms with E-state index in [0.717, 1.165) is 32.9 Å². The van der Waals surface area contributed by atoms with Crippen LogP contribution in [0.3, 0.4) is 0 Å². The topological polar surface area (TPSA) is 54.5 Å². The van der Waals surface area contributed by atoms with Crippen molar-refractivity contribution in [2.75, 3.05) is 13.1 Å². The standard InChI is InChI=1S/C29H29NO3S2/c1-21-8-12-26(13-9-21)34(31)29-19-25-20-30(35(32,33)27-14-10-22(2)11-15-27)17-16-24(25)18-28(29)23-6-4-3-5-7-23/h3-16,19,25,28H,17-18,20H2,1-2H3/t25-,28-,34-/m0/s1. The zero-order valence-electron chi connectivity index (χ0n) is 19.9. The third-order valence-corrected chi connectivity index (χ3v) is 10.3. The molecule has 1 aliphatic heterocycles. The molecule has 0 N–H and O–H groups in total. The zero-order valence-corrected chi connectivity index (χ0v) is 21.6. The summed E-state index contributed by atoms with van der Waals surface area (Å²) in [5.41, 5.74) is 4.50. The van der Waals surface area contributed by atoms with Crippen LogP contribution in [0.1, 0.15) is 29.0 Å². The second-order valence-corrected chi connectivity index (χ2v) is 12.8. The molecule has 5 rings (SSSR count). The van der Waals surface area contributed by atoms with Crippen molar-refractivity contribution in [3.05, 3.63) is 118 Å². The van der Waals surface area contributed by atoms with Gasteiger partial charge in [-0.2, -0.15) is 4.31 Å². The largest absolute Gasteiger partial charge is 0.249 e. The molecule has 1 aliphatic carbocycles. The third-order valence-electron chi connectivity index (χ3n) is 6.89. The highest BCUT2D eigenvalue weighted by Crippen LogP contribution is 2.44. The van der Waals surface area contributed by atoms with Crippen molar-refractivity contribution in [1.82, 2.24) is 4.31 Å². The number of aryl methyl sites for hydroxylation is 2. The number of hydrogen-bond acceptors (Lipinski definition) is 3. The van der Waals surface area contributed by atoms with Crippen LogP contribution < -0.4 is 0 Å². The quantitative estimate of drug-likeness (QED) is 0.418. The van der Waals surface area contributed by atoms with E-state index < -0.39 is 20.8 Å². The molecule has 35 heavy (non-hydrogen) atoms. The van der Waals surface area contributed by atoms with Gasteiger partial charge in [-0.1, -0.05) is 83.4 Å². The number of benzene rings is 3. The summed E-state index contributed by atoms with van der Waals surface area (Å²) in [6.07, 6.45) is 4.87. The van der Waals surface area contributed by atoms with E-state index in [1.54, 1.807) is 12.1 Å². The fourth-order valence-electron chi connectivity index (χ4n) is 4.84. The highest BCUT2D eigenvalue weighted by molar-refractivity contribution is 7.89. The fraction of sp³-hybridized carbons (Fsp3) is 0.241. The van der Waals surface area contributed by atoms with Gasteiger partial charge < -0.3 is 0 Å². The number of allylic oxidation sites excluding steroid dienone is 1. The second kappa shape index (κ2) is 9.69. The van der Waals surface area contributed by atoms with Gasteiger partial charge in [0.15, 0.2) is 0 Å². The molecular formula is C29H29NO3S2. The van der Waals surface area contributed by atoms with Crippen molar-refractivity contribution in [3.8, 4) is 0 Å². The predicted molar refractivity (Wildman–Crippen MR) is 141 cm³/mol. The van der Waals surface area contributed by atoms with Crippen molar-refractivity contribution >= 4 is 20.8 Å². The Bertz CT molecular complexity index is 1410. The maximum Gasteiger partial charge on any atom is 0.243 e. The summed E-state index contributed by atoms with van der Waals surface area (Å²) in [7, 11) is -4.93. The minimum absolute atomic E-state index is 0.00101. The SMILES string of the molecule is Cc1ccc([S@](=O)C2=C[C@H]3CN(S(=O)(=O)c4ccc(C)cc4)CC=C3C[C@H]2c2ccccc2)cc1. The molecule has 0 saturated heterocycles. The minimum atomic E-state index is -3.61. The fourth-order valence-corrected chi connectivity index (χ4v) is 7.67. The molecule has 2 aliphatic rings. The minimum Gasteiger partial charge on any atom is -0.249 e. The molecule has 0 aromatic heterocycles. The first-order valence-corrected chi connectivity index (χ1v) is 14.4. The highest BCUT2D eigenvalue weighted by atomic mass is 32.2. The van der Waals surface area contributed by atoms with Gasteiger partial charge in [-0.05, 0) is 50.1 Å². The number of rotatable bonds is 5. The molecule has 6 heteroatoms. The van der Waals surface area contributed by atoms with Crippen LogP contribution in [0.25, 0.3) is 0 Å². The third kappa shape index (κ3) is 4.83. The lowest BCUT2D eigenvalue weighted by atomic mass is 9.79. The Kier molecular flexibility index (Phi) is 6.62. The second-order valence-electron chi connectivity index (χ2n) is 9.34. The lowest BCUT2D eigenvalue weighted by Gasteiger charge is -2.37. The van der Waals surface area contributed by atoms with E-state index in [-0.39, 0.29) is 11.8 Å². The summed E-state index contributed by atoms with van der Waals surface area (Å²) in [5.74, 6) is -0.0885. The first kappa shape index (κ1) is 23.9. The van der Waals surface area contributed by atoms with Crippen LogP contribution in [0.5, 0.6) is 0 Å². The molecule has 0 saturated carbocycles. The van der Waals surface area contributed by atoms with E-state index in [9.17, 15) is 12.6 Å². The molecular weight excluding hydrogens is 474 g/mol. The zero-order chi connectivity index (χ0) is 24.6. The van der Waals surface area contributed by atoms with Gasteiger partial charge in [0.05, 0.1) is 15.7 Å². The number of nitrogens with zero attached hydrogens (tertiary/aromatic N) is 1. The van der Waals surface area contributed by atoms with Crippen molar-refractivity contribution in [2.24, 2.45) is 5.92 Å². The Morgan fingerprint density at radius 2 is 1.49 bits per heavy atom. The predicted octanol–water partition coefficient (Wildman–Crippen LogP) is 5.73. The van der Waals surface area contributed by atoms with E-state index in [2.05, 4.69) is 24.3 Å². The number of hydrogen-bond donors (Lipinski definition) is 0. The van der Waals surface area contributed by atoms with Crippen LogP contribution in [-0.2, 0) is 20.8 Å². The van der Waals surface area contributed by atoms with Gasteiger partial charge in [0.1, 0.15) is 0 Å². The molecule has 180 valence electrons. The van der Waals surface area contributed by atoms with Crippen LogP contribution in [0.2, 0.25) is 0 Å². The Morgan fingerprint density at radius 3 is 2.14 bits per heavy atom. The van der Waals surface area contributed by atoms with Gasteiger partial charge in [-0.25, -0.2) is 12.6 Å². The molecule has 0 fully saturated rings. The lowest BCUT2D eigenvalue weighted by Crippen LogP contribution is -2.40. The molecule has 4 nitrogen and oxygen atoms in total. The van der Waals surface area contributed by atoms with Gasteiger partial charge in [0, 0.05) is 34.7 Å². The van der Waals surface area contributed by atoms with Gasteiger partial charge in [0.2, 0.25) is 10.0 Å². The van der Waals surface area contributed by atoms with Crippen molar-refractivity contribution < 1.29 is 12.6 Å². The number of fused-ring (bicyclic) bond motifs is 1. The van der Waals surface area contributed by atoms with Crippen LogP contribution in [0, 0.1) is 19.8 Å². The summed E-state index contributed by atoms with van der Waals surface area (Å²) in [4.78, 5) is 1.94. The van der Waals surface area contributed by atoms with Crippen molar-refractivity contribution in [1.29, 1.82) is 0 Å². The van der Waals surface area contributed by atoms with Crippen molar-refractivity contribution in [2.45, 2.75) is 36.0 Å². The molecule has 0 bridgehead atoms. The lowest BCUT2D eigenvalue weighted by molar-refractivity contribution is 0.386. The average Bonchev–Trinajstić information content (AvgIpc) is 2.88. The molecule has 3 aromatic rings. The molecule has 0 radical (unpaired) electrons. The van der Waals surface area contributed by atoms with E-state index in [0.29, 0.717) is 18.0 Å². The summed E-state index contributed by atoms with van der Waals surface area (Å²) in [5, 5.41) is 0. The van der Waals surface area contributed by atoms with E-state index in [1.165, 1.54) is 9.88 Å². The Hall–Kier alpha value is -2.80. The molecule has 0 amide bonds. The normalized spacial score (nSPS) is 21.5. The molecule has 3 aromatic carbocycles. The van der Waals surface area contributed by atoms with Crippen molar-refractivity contribution in [3.63, 3.8) is 0 Å². The summed E-state index contributed by atoms with van der Waals surface area (Å²) < 4.78 is 42.0. The van der Waals surface area contributed by atoms with Gasteiger partial charge in [-0.15, -0.1) is 0 Å². The Morgan fingerprint density at radius 1 is 0.857 bits per heavy atom. The van der Waals surface area contributed by atoms with Gasteiger partial charge in [0.25, 0.3) is 0 Å².